The van der Waals surface area contributed by atoms with E-state index < -0.39 is 7.82 Å². The highest BCUT2D eigenvalue weighted by atomic mass is 31.2. The molecule has 0 aromatic heterocycles. The van der Waals surface area contributed by atoms with Gasteiger partial charge in [0.2, 0.25) is 0 Å². The van der Waals surface area contributed by atoms with Gasteiger partial charge in [0, 0.05) is 14.2 Å². The second kappa shape index (κ2) is 4.50. The fourth-order valence-corrected chi connectivity index (χ4v) is 0.888. The molecule has 4 nitrogen and oxygen atoms in total. The van der Waals surface area contributed by atoms with Crippen LogP contribution in [-0.4, -0.2) is 14.2 Å². The predicted molar refractivity (Wildman–Crippen MR) is 37.5 cm³/mol. The second-order valence-electron chi connectivity index (χ2n) is 1.39. The van der Waals surface area contributed by atoms with Crippen molar-refractivity contribution in [2.75, 3.05) is 14.2 Å². The Labute approximate surface area is 60.4 Å². The van der Waals surface area contributed by atoms with Gasteiger partial charge in [-0.1, -0.05) is 6.08 Å². The molecule has 0 N–H and O–H groups in total. The summed E-state index contributed by atoms with van der Waals surface area (Å²) in [6.07, 6.45) is 2.85. The number of rotatable bonds is 4. The van der Waals surface area contributed by atoms with E-state index in [-0.39, 0.29) is 0 Å². The molecule has 60 valence electrons. The number of phosphoric acid groups is 1. The lowest BCUT2D eigenvalue weighted by Crippen LogP contribution is -1.88. The van der Waals surface area contributed by atoms with Gasteiger partial charge >= 0.3 is 7.82 Å². The first-order valence-corrected chi connectivity index (χ1v) is 4.15. The zero-order valence-electron chi connectivity index (χ0n) is 6.23. The van der Waals surface area contributed by atoms with Crippen molar-refractivity contribution in [3.05, 3.63) is 12.3 Å². The van der Waals surface area contributed by atoms with E-state index >= 15 is 0 Å². The lowest BCUT2D eigenvalue weighted by atomic mass is 10.8. The smallest absolute Gasteiger partial charge is 0.412 e. The average molecular weight is 166 g/mol. The molecular formula is C5H11O4P. The minimum atomic E-state index is -3.28. The Kier molecular flexibility index (Phi) is 4.36. The van der Waals surface area contributed by atoms with Crippen molar-refractivity contribution in [3.8, 4) is 0 Å². The Balaban J connectivity index is 3.94. The number of allylic oxidation sites excluding steroid dienone is 1. The maximum atomic E-state index is 11.0. The molecule has 10 heavy (non-hydrogen) atoms. The molecule has 0 saturated heterocycles. The molecule has 0 aliphatic heterocycles. The van der Waals surface area contributed by atoms with Crippen LogP contribution in [0, 0.1) is 0 Å². The van der Waals surface area contributed by atoms with Crippen LogP contribution in [0.25, 0.3) is 0 Å². The summed E-state index contributed by atoms with van der Waals surface area (Å²) < 4.78 is 24.5. The third-order valence-electron chi connectivity index (χ3n) is 0.773. The molecule has 0 aliphatic carbocycles. The molecule has 0 aromatic rings. The molecule has 0 bridgehead atoms. The molecule has 0 aliphatic rings. The van der Waals surface area contributed by atoms with Gasteiger partial charge in [0.1, 0.15) is 0 Å². The molecular weight excluding hydrogens is 155 g/mol. The van der Waals surface area contributed by atoms with E-state index in [1.54, 1.807) is 13.0 Å². The number of hydrogen-bond acceptors (Lipinski definition) is 4. The van der Waals surface area contributed by atoms with Gasteiger partial charge in [-0.05, 0) is 6.92 Å². The molecule has 0 fully saturated rings. The molecule has 0 radical (unpaired) electrons. The van der Waals surface area contributed by atoms with Gasteiger partial charge in [-0.2, -0.15) is 0 Å². The second-order valence-corrected chi connectivity index (χ2v) is 3.22. The van der Waals surface area contributed by atoms with E-state index in [9.17, 15) is 4.57 Å². The lowest BCUT2D eigenvalue weighted by Gasteiger charge is -2.09. The monoisotopic (exact) mass is 166 g/mol. The first kappa shape index (κ1) is 9.69. The van der Waals surface area contributed by atoms with Crippen LogP contribution < -0.4 is 0 Å². The van der Waals surface area contributed by atoms with Gasteiger partial charge in [-0.3, -0.25) is 9.05 Å². The predicted octanol–water partition coefficient (Wildman–Crippen LogP) is 1.94. The standard InChI is InChI=1S/C5H11O4P/c1-4-5-9-10(6,7-2)8-3/h4-5H,1-3H3. The molecule has 0 rings (SSSR count). The van der Waals surface area contributed by atoms with Gasteiger partial charge in [-0.25, -0.2) is 4.57 Å². The van der Waals surface area contributed by atoms with Crippen LogP contribution in [0.2, 0.25) is 0 Å². The molecule has 0 atom stereocenters. The van der Waals surface area contributed by atoms with E-state index in [1.807, 2.05) is 0 Å². The van der Waals surface area contributed by atoms with E-state index in [0.717, 1.165) is 0 Å². The van der Waals surface area contributed by atoms with Crippen LogP contribution >= 0.6 is 7.82 Å². The first-order valence-electron chi connectivity index (χ1n) is 2.69. The largest absolute Gasteiger partial charge is 0.528 e. The summed E-state index contributed by atoms with van der Waals surface area (Å²) >= 11 is 0. The average Bonchev–Trinajstić information content (AvgIpc) is 2.00. The zero-order valence-corrected chi connectivity index (χ0v) is 7.13. The molecule has 0 spiro atoms. The number of hydrogen-bond donors (Lipinski definition) is 0. The van der Waals surface area contributed by atoms with Gasteiger partial charge in [0.05, 0.1) is 6.26 Å². The third kappa shape index (κ3) is 3.01. The maximum absolute atomic E-state index is 11.0. The van der Waals surface area contributed by atoms with Crippen molar-refractivity contribution in [3.63, 3.8) is 0 Å². The van der Waals surface area contributed by atoms with Gasteiger partial charge in [0.25, 0.3) is 0 Å². The summed E-state index contributed by atoms with van der Waals surface area (Å²) in [5, 5.41) is 0. The minimum Gasteiger partial charge on any atom is -0.412 e. The Morgan fingerprint density at radius 2 is 1.80 bits per heavy atom. The lowest BCUT2D eigenvalue weighted by molar-refractivity contribution is 0.193. The van der Waals surface area contributed by atoms with Crippen molar-refractivity contribution in [2.24, 2.45) is 0 Å². The Bertz CT molecular complexity index is 146. The summed E-state index contributed by atoms with van der Waals surface area (Å²) in [7, 11) is -0.769. The summed E-state index contributed by atoms with van der Waals surface area (Å²) in [5.74, 6) is 0. The van der Waals surface area contributed by atoms with Crippen molar-refractivity contribution >= 4 is 7.82 Å². The van der Waals surface area contributed by atoms with E-state index in [2.05, 4.69) is 13.6 Å². The van der Waals surface area contributed by atoms with Gasteiger partial charge in [-0.15, -0.1) is 0 Å². The quantitative estimate of drug-likeness (QED) is 0.472. The normalized spacial score (nSPS) is 12.3. The van der Waals surface area contributed by atoms with E-state index in [4.69, 9.17) is 0 Å². The van der Waals surface area contributed by atoms with Crippen LogP contribution in [0.5, 0.6) is 0 Å². The third-order valence-corrected chi connectivity index (χ3v) is 2.05. The van der Waals surface area contributed by atoms with E-state index in [0.29, 0.717) is 0 Å². The molecule has 5 heteroatoms. The summed E-state index contributed by atoms with van der Waals surface area (Å²) in [6, 6.07) is 0. The molecule has 0 heterocycles. The Morgan fingerprint density at radius 1 is 1.30 bits per heavy atom. The van der Waals surface area contributed by atoms with Crippen LogP contribution in [-0.2, 0) is 18.1 Å². The van der Waals surface area contributed by atoms with E-state index in [1.165, 1.54) is 20.5 Å². The van der Waals surface area contributed by atoms with Crippen molar-refractivity contribution < 1.29 is 18.1 Å². The van der Waals surface area contributed by atoms with Crippen molar-refractivity contribution in [1.82, 2.24) is 0 Å². The van der Waals surface area contributed by atoms with Gasteiger partial charge in [0.15, 0.2) is 0 Å². The first-order chi connectivity index (χ1) is 4.68. The van der Waals surface area contributed by atoms with Crippen LogP contribution in [0.4, 0.5) is 0 Å². The SMILES string of the molecule is CC=COP(=O)(OC)OC. The Hall–Kier alpha value is -0.310. The highest BCUT2D eigenvalue weighted by Crippen LogP contribution is 2.47. The molecule has 0 amide bonds. The highest BCUT2D eigenvalue weighted by Gasteiger charge is 2.21. The van der Waals surface area contributed by atoms with Crippen LogP contribution in [0.1, 0.15) is 6.92 Å². The Morgan fingerprint density at radius 3 is 2.10 bits per heavy atom. The van der Waals surface area contributed by atoms with Gasteiger partial charge < -0.3 is 4.52 Å². The van der Waals surface area contributed by atoms with Crippen molar-refractivity contribution in [1.29, 1.82) is 0 Å². The minimum absolute atomic E-state index is 1.26. The van der Waals surface area contributed by atoms with Crippen molar-refractivity contribution in [2.45, 2.75) is 6.92 Å². The molecule has 0 saturated carbocycles. The van der Waals surface area contributed by atoms with Crippen LogP contribution in [0.3, 0.4) is 0 Å². The summed E-state index contributed by atoms with van der Waals surface area (Å²) in [4.78, 5) is 0. The fraction of sp³-hybridized carbons (Fsp3) is 0.600. The fourth-order valence-electron chi connectivity index (χ4n) is 0.296. The molecule has 0 unspecified atom stereocenters. The summed E-state index contributed by atoms with van der Waals surface area (Å²) in [5.41, 5.74) is 0. The maximum Gasteiger partial charge on any atom is 0.528 e. The topological polar surface area (TPSA) is 44.8 Å². The molecule has 0 aromatic carbocycles. The highest BCUT2D eigenvalue weighted by molar-refractivity contribution is 7.48. The zero-order chi connectivity index (χ0) is 8.04. The number of phosphoric ester groups is 1. The van der Waals surface area contributed by atoms with Crippen LogP contribution in [0.15, 0.2) is 12.3 Å². The summed E-state index contributed by atoms with van der Waals surface area (Å²) in [6.45, 7) is 1.73.